The molecule has 2 amide bonds. The summed E-state index contributed by atoms with van der Waals surface area (Å²) >= 11 is 0. The number of aliphatic imine (C=N–C) groups is 1. The molecule has 2 aromatic rings. The van der Waals surface area contributed by atoms with E-state index >= 15 is 0 Å². The molecule has 1 aliphatic heterocycles. The number of hydrogen-bond donors (Lipinski definition) is 4. The molecule has 1 saturated heterocycles. The summed E-state index contributed by atoms with van der Waals surface area (Å²) in [6, 6.07) is 8.66. The summed E-state index contributed by atoms with van der Waals surface area (Å²) in [6.07, 6.45) is 2.50. The van der Waals surface area contributed by atoms with Gasteiger partial charge in [0.2, 0.25) is 21.8 Å². The summed E-state index contributed by atoms with van der Waals surface area (Å²) in [5.74, 6) is 0.753. The zero-order chi connectivity index (χ0) is 28.5. The Morgan fingerprint density at radius 2 is 2.10 bits per heavy atom. The van der Waals surface area contributed by atoms with E-state index in [4.69, 9.17) is 15.3 Å². The lowest BCUT2D eigenvalue weighted by Crippen LogP contribution is -2.55. The topological polar surface area (TPSA) is 192 Å². The third-order valence-corrected chi connectivity index (χ3v) is 8.67. The van der Waals surface area contributed by atoms with Crippen molar-refractivity contribution in [1.82, 2.24) is 30.5 Å². The summed E-state index contributed by atoms with van der Waals surface area (Å²) in [6.45, 7) is 7.70. The molecule has 0 bridgehead atoms. The Kier molecular flexibility index (Phi) is 7.21. The van der Waals surface area contributed by atoms with Gasteiger partial charge in [-0.3, -0.25) is 14.3 Å². The first kappa shape index (κ1) is 27.2. The van der Waals surface area contributed by atoms with Gasteiger partial charge in [-0.05, 0) is 43.2 Å². The molecular formula is C25H28N8O6S. The lowest BCUT2D eigenvalue weighted by Gasteiger charge is -2.21. The van der Waals surface area contributed by atoms with Crippen molar-refractivity contribution < 1.29 is 27.6 Å². The molecule has 40 heavy (non-hydrogen) atoms. The first-order valence-corrected chi connectivity index (χ1v) is 14.1. The number of ether oxygens (including phenoxy) is 1. The fourth-order valence-electron chi connectivity index (χ4n) is 4.47. The number of rotatable bonds is 10. The van der Waals surface area contributed by atoms with Crippen molar-refractivity contribution in [2.24, 2.45) is 16.6 Å². The van der Waals surface area contributed by atoms with Crippen LogP contribution in [0.4, 0.5) is 0 Å². The van der Waals surface area contributed by atoms with Crippen LogP contribution in [-0.4, -0.2) is 70.8 Å². The summed E-state index contributed by atoms with van der Waals surface area (Å²) in [4.78, 5) is 36.8. The second-order valence-electron chi connectivity index (χ2n) is 9.74. The van der Waals surface area contributed by atoms with E-state index < -0.39 is 44.8 Å². The maximum absolute atomic E-state index is 13.1. The van der Waals surface area contributed by atoms with E-state index in [1.54, 1.807) is 18.2 Å². The number of nitrogens with two attached hydrogens (primary N) is 1. The normalized spacial score (nSPS) is 25.8. The molecule has 210 valence electrons. The summed E-state index contributed by atoms with van der Waals surface area (Å²) in [5, 5.41) is 13.1. The number of carbonyl (C=O) groups is 2. The highest BCUT2D eigenvalue weighted by Gasteiger charge is 2.61. The van der Waals surface area contributed by atoms with Crippen molar-refractivity contribution in [1.29, 1.82) is 0 Å². The predicted octanol–water partition coefficient (Wildman–Crippen LogP) is -0.934. The minimum absolute atomic E-state index is 0.0835. The van der Waals surface area contributed by atoms with Gasteiger partial charge in [0.15, 0.2) is 0 Å². The van der Waals surface area contributed by atoms with Gasteiger partial charge in [0.05, 0.1) is 11.3 Å². The lowest BCUT2D eigenvalue weighted by atomic mass is 10.1. The fourth-order valence-corrected chi connectivity index (χ4v) is 5.83. The first-order chi connectivity index (χ1) is 19.1. The van der Waals surface area contributed by atoms with Crippen LogP contribution in [0.1, 0.15) is 25.7 Å². The quantitative estimate of drug-likeness (QED) is 0.0695. The Balaban J connectivity index is 1.19. The van der Waals surface area contributed by atoms with Gasteiger partial charge in [0.1, 0.15) is 22.7 Å². The van der Waals surface area contributed by atoms with Gasteiger partial charge in [-0.25, -0.2) is 8.42 Å². The Labute approximate surface area is 230 Å². The number of fused-ring (bicyclic) bond motifs is 1. The van der Waals surface area contributed by atoms with Crippen LogP contribution >= 0.6 is 0 Å². The maximum Gasteiger partial charge on any atom is 0.273 e. The van der Waals surface area contributed by atoms with Crippen LogP contribution in [-0.2, 0) is 24.3 Å². The second-order valence-corrected chi connectivity index (χ2v) is 11.7. The van der Waals surface area contributed by atoms with Gasteiger partial charge in [-0.1, -0.05) is 23.1 Å². The third-order valence-electron chi connectivity index (χ3n) is 6.85. The molecule has 0 spiro atoms. The number of amides is 2. The van der Waals surface area contributed by atoms with E-state index in [0.717, 1.165) is 4.85 Å². The molecule has 1 aromatic carbocycles. The van der Waals surface area contributed by atoms with Gasteiger partial charge in [0.25, 0.3) is 11.8 Å². The molecule has 2 aliphatic carbocycles. The standard InChI is InChI=1S/C25H28N8O6S/c1-3-16-13-25(16,24(35)31-40(36,37)18-8-9-18)29-23(34)20-12-17(14-27-20)38-22(10-11-26)28-15(2)39-33-21-7-5-4-6-19(21)30-32-33/h3-7,16-18,20,27H,1-2,8-9,12-14,26H2,(H,29,34)(H,31,35)/t16?,17-,20-,25?/m0/s1. The molecule has 2 heterocycles. The van der Waals surface area contributed by atoms with Crippen molar-refractivity contribution in [2.75, 3.05) is 6.54 Å². The van der Waals surface area contributed by atoms with Gasteiger partial charge in [0, 0.05) is 30.8 Å². The van der Waals surface area contributed by atoms with Crippen LogP contribution < -0.4 is 25.9 Å². The number of nitrogens with zero attached hydrogens (tertiary/aromatic N) is 4. The number of benzene rings is 1. The number of sulfonamides is 1. The number of aromatic nitrogens is 3. The number of hydrogen-bond acceptors (Lipinski definition) is 11. The molecule has 3 fully saturated rings. The maximum atomic E-state index is 13.1. The lowest BCUT2D eigenvalue weighted by molar-refractivity contribution is -0.130. The van der Waals surface area contributed by atoms with E-state index in [-0.39, 0.29) is 37.1 Å². The summed E-state index contributed by atoms with van der Waals surface area (Å²) in [7, 11) is -3.76. The monoisotopic (exact) mass is 568 g/mol. The van der Waals surface area contributed by atoms with E-state index in [2.05, 4.69) is 55.8 Å². The molecule has 5 rings (SSSR count). The average molecular weight is 569 g/mol. The molecule has 2 saturated carbocycles. The smallest absolute Gasteiger partial charge is 0.273 e. The van der Waals surface area contributed by atoms with Crippen molar-refractivity contribution in [3.63, 3.8) is 0 Å². The Hall–Kier alpha value is -4.42. The highest BCUT2D eigenvalue weighted by Crippen LogP contribution is 2.45. The van der Waals surface area contributed by atoms with E-state index in [9.17, 15) is 18.0 Å². The Bertz CT molecular complexity index is 1570. The van der Waals surface area contributed by atoms with Crippen molar-refractivity contribution in [3.8, 4) is 12.0 Å². The Morgan fingerprint density at radius 3 is 2.80 bits per heavy atom. The summed E-state index contributed by atoms with van der Waals surface area (Å²) < 4.78 is 32.5. The molecule has 14 nitrogen and oxygen atoms in total. The highest BCUT2D eigenvalue weighted by molar-refractivity contribution is 7.91. The van der Waals surface area contributed by atoms with Crippen LogP contribution in [0, 0.1) is 17.9 Å². The zero-order valence-corrected chi connectivity index (χ0v) is 22.2. The minimum atomic E-state index is -3.76. The number of para-hydroxylation sites is 1. The third kappa shape index (κ3) is 5.63. The Morgan fingerprint density at radius 1 is 1.32 bits per heavy atom. The predicted molar refractivity (Wildman–Crippen MR) is 143 cm³/mol. The van der Waals surface area contributed by atoms with Crippen LogP contribution in [0.25, 0.3) is 11.0 Å². The van der Waals surface area contributed by atoms with Crippen LogP contribution in [0.3, 0.4) is 0 Å². The molecule has 1 aromatic heterocycles. The largest absolute Gasteiger partial charge is 0.466 e. The fraction of sp³-hybridized carbons (Fsp3) is 0.400. The van der Waals surface area contributed by atoms with E-state index in [1.807, 2.05) is 6.07 Å². The second kappa shape index (κ2) is 10.6. The van der Waals surface area contributed by atoms with Gasteiger partial charge in [-0.15, -0.1) is 11.7 Å². The molecule has 0 radical (unpaired) electrons. The highest BCUT2D eigenvalue weighted by atomic mass is 32.2. The van der Waals surface area contributed by atoms with Crippen LogP contribution in [0.15, 0.2) is 54.4 Å². The molecule has 2 unspecified atom stereocenters. The summed E-state index contributed by atoms with van der Waals surface area (Å²) in [5.41, 5.74) is 5.23. The minimum Gasteiger partial charge on any atom is -0.466 e. The van der Waals surface area contributed by atoms with Crippen molar-refractivity contribution in [2.45, 2.75) is 48.6 Å². The molecule has 4 atom stereocenters. The average Bonchev–Trinajstić information content (AvgIpc) is 3.81. The molecular weight excluding hydrogens is 540 g/mol. The van der Waals surface area contributed by atoms with Gasteiger partial charge < -0.3 is 25.9 Å². The number of nitrogens with one attached hydrogen (secondary N) is 3. The number of carbonyl (C=O) groups excluding carboxylic acids is 2. The zero-order valence-electron chi connectivity index (χ0n) is 21.4. The van der Waals surface area contributed by atoms with Crippen LogP contribution in [0.2, 0.25) is 0 Å². The first-order valence-electron chi connectivity index (χ1n) is 12.5. The SMILES string of the molecule is C=CC1CC1(NC(=O)[C@@H]1C[C@H](OC(C#CN)=NC(=C)On2nnc3ccccc32)CN1)C(=O)NS(=O)(=O)C1CC1. The van der Waals surface area contributed by atoms with E-state index in [1.165, 1.54) is 6.08 Å². The molecule has 15 heteroatoms. The van der Waals surface area contributed by atoms with Crippen molar-refractivity contribution >= 4 is 38.8 Å². The van der Waals surface area contributed by atoms with Gasteiger partial charge in [-0.2, -0.15) is 4.99 Å². The van der Waals surface area contributed by atoms with E-state index in [0.29, 0.717) is 23.9 Å². The van der Waals surface area contributed by atoms with Crippen LogP contribution in [0.5, 0.6) is 0 Å². The van der Waals surface area contributed by atoms with Gasteiger partial charge >= 0.3 is 0 Å². The van der Waals surface area contributed by atoms with Crippen molar-refractivity contribution in [3.05, 3.63) is 49.4 Å². The molecule has 5 N–H and O–H groups in total. The molecule has 3 aliphatic rings.